The number of nitrogens with one attached hydrogen (secondary N) is 1. The first-order valence-electron chi connectivity index (χ1n) is 9.68. The molecule has 0 bridgehead atoms. The fourth-order valence-corrected chi connectivity index (χ4v) is 3.85. The fourth-order valence-electron chi connectivity index (χ4n) is 3.85. The van der Waals surface area contributed by atoms with E-state index in [0.717, 1.165) is 44.5 Å². The highest BCUT2D eigenvalue weighted by Crippen LogP contribution is 2.35. The Morgan fingerprint density at radius 3 is 2.53 bits per heavy atom. The number of carbonyl (C=O) groups is 2. The van der Waals surface area contributed by atoms with E-state index in [1.807, 2.05) is 12.1 Å². The number of nitrogens with zero attached hydrogens (tertiary/aromatic N) is 1. The third-order valence-corrected chi connectivity index (χ3v) is 5.14. The minimum absolute atomic E-state index is 0.00983. The van der Waals surface area contributed by atoms with Crippen LogP contribution in [-0.2, 0) is 27.5 Å². The Bertz CT molecular complexity index is 719. The average Bonchev–Trinajstić information content (AvgIpc) is 3.11. The van der Waals surface area contributed by atoms with Crippen LogP contribution in [0.4, 0.5) is 13.2 Å². The zero-order chi connectivity index (χ0) is 22.4. The Morgan fingerprint density at radius 1 is 1.30 bits per heavy atom. The summed E-state index contributed by atoms with van der Waals surface area (Å²) in [5.74, 6) is -1.29. The predicted octanol–water partition coefficient (Wildman–Crippen LogP) is 2.05. The van der Waals surface area contributed by atoms with Crippen LogP contribution in [0.15, 0.2) is 16.5 Å². The van der Waals surface area contributed by atoms with Crippen LogP contribution in [0.5, 0.6) is 0 Å². The van der Waals surface area contributed by atoms with Crippen molar-refractivity contribution in [1.29, 1.82) is 0 Å². The van der Waals surface area contributed by atoms with Crippen molar-refractivity contribution >= 4 is 11.9 Å². The van der Waals surface area contributed by atoms with Gasteiger partial charge in [-0.25, -0.2) is 4.79 Å². The fraction of sp³-hybridized carbons (Fsp3) is 0.684. The molecule has 1 aromatic heterocycles. The van der Waals surface area contributed by atoms with E-state index in [2.05, 4.69) is 10.2 Å². The van der Waals surface area contributed by atoms with Gasteiger partial charge in [0.05, 0.1) is 19.2 Å². The largest absolute Gasteiger partial charge is 0.490 e. The number of carbonyl (C=O) groups excluding carboxylic acids is 1. The van der Waals surface area contributed by atoms with Crippen molar-refractivity contribution in [1.82, 2.24) is 10.2 Å². The summed E-state index contributed by atoms with van der Waals surface area (Å²) in [6.45, 7) is 4.53. The predicted molar refractivity (Wildman–Crippen MR) is 98.4 cm³/mol. The van der Waals surface area contributed by atoms with Gasteiger partial charge in [-0.3, -0.25) is 9.69 Å². The quantitative estimate of drug-likeness (QED) is 0.662. The maximum atomic E-state index is 11.5. The van der Waals surface area contributed by atoms with Crippen molar-refractivity contribution in [2.75, 3.05) is 19.7 Å². The number of furan rings is 1. The molecule has 2 unspecified atom stereocenters. The van der Waals surface area contributed by atoms with Crippen LogP contribution in [0.3, 0.4) is 0 Å². The van der Waals surface area contributed by atoms with Crippen molar-refractivity contribution < 1.29 is 42.1 Å². The van der Waals surface area contributed by atoms with Gasteiger partial charge in [-0.05, 0) is 25.0 Å². The van der Waals surface area contributed by atoms with Gasteiger partial charge < -0.3 is 24.7 Å². The second-order valence-electron chi connectivity index (χ2n) is 7.45. The summed E-state index contributed by atoms with van der Waals surface area (Å²) in [4.78, 5) is 22.7. The molecule has 1 saturated carbocycles. The van der Waals surface area contributed by atoms with Gasteiger partial charge in [-0.1, -0.05) is 12.8 Å². The van der Waals surface area contributed by atoms with Gasteiger partial charge in [-0.15, -0.1) is 0 Å². The zero-order valence-corrected chi connectivity index (χ0v) is 16.7. The lowest BCUT2D eigenvalue weighted by Gasteiger charge is -2.49. The summed E-state index contributed by atoms with van der Waals surface area (Å²) in [5, 5.41) is 19.3. The maximum absolute atomic E-state index is 11.5. The Balaban J connectivity index is 0.000000396. The molecule has 3 N–H and O–H groups in total. The Hall–Kier alpha value is -2.11. The lowest BCUT2D eigenvalue weighted by Crippen LogP contribution is -2.63. The van der Waals surface area contributed by atoms with Crippen molar-refractivity contribution in [3.05, 3.63) is 23.7 Å². The molecule has 2 heterocycles. The second kappa shape index (κ2) is 10.3. The van der Waals surface area contributed by atoms with Crippen molar-refractivity contribution in [3.63, 3.8) is 0 Å². The van der Waals surface area contributed by atoms with E-state index < -0.39 is 12.1 Å². The van der Waals surface area contributed by atoms with Gasteiger partial charge in [0.2, 0.25) is 5.91 Å². The number of carboxylic acids is 1. The number of aliphatic hydroxyl groups excluding tert-OH is 1. The van der Waals surface area contributed by atoms with Gasteiger partial charge in [0, 0.05) is 20.0 Å². The SMILES string of the molecule is CC(=O)NC1CCCCC12CN(Cc1ccc(CO)o1)CCO2.O=C(O)C(F)(F)F. The lowest BCUT2D eigenvalue weighted by molar-refractivity contribution is -0.192. The van der Waals surface area contributed by atoms with Gasteiger partial charge in [0.1, 0.15) is 23.7 Å². The number of aliphatic hydroxyl groups is 1. The minimum Gasteiger partial charge on any atom is -0.475 e. The van der Waals surface area contributed by atoms with Crippen LogP contribution in [-0.4, -0.2) is 64.5 Å². The normalized spacial score (nSPS) is 24.8. The first-order valence-corrected chi connectivity index (χ1v) is 9.68. The number of morpholine rings is 1. The van der Waals surface area contributed by atoms with Crippen molar-refractivity contribution in [2.45, 2.75) is 63.6 Å². The van der Waals surface area contributed by atoms with E-state index in [1.165, 1.54) is 0 Å². The maximum Gasteiger partial charge on any atom is 0.490 e. The third-order valence-electron chi connectivity index (χ3n) is 5.14. The molecule has 1 aliphatic heterocycles. The number of halogens is 3. The summed E-state index contributed by atoms with van der Waals surface area (Å²) in [5.41, 5.74) is -0.283. The van der Waals surface area contributed by atoms with Crippen LogP contribution in [0.25, 0.3) is 0 Å². The number of aliphatic carboxylic acids is 1. The lowest BCUT2D eigenvalue weighted by atomic mass is 9.78. The van der Waals surface area contributed by atoms with Crippen LogP contribution in [0.1, 0.15) is 44.1 Å². The molecule has 1 saturated heterocycles. The molecule has 170 valence electrons. The number of amides is 1. The highest BCUT2D eigenvalue weighted by atomic mass is 19.4. The third kappa shape index (κ3) is 6.71. The topological polar surface area (TPSA) is 112 Å². The summed E-state index contributed by atoms with van der Waals surface area (Å²) in [6.07, 6.45) is -0.856. The Labute approximate surface area is 172 Å². The molecule has 30 heavy (non-hydrogen) atoms. The van der Waals surface area contributed by atoms with Crippen molar-refractivity contribution in [2.24, 2.45) is 0 Å². The monoisotopic (exact) mass is 436 g/mol. The molecule has 2 atom stereocenters. The molecule has 0 aromatic carbocycles. The molecular weight excluding hydrogens is 409 g/mol. The number of rotatable bonds is 4. The van der Waals surface area contributed by atoms with Crippen LogP contribution in [0.2, 0.25) is 0 Å². The smallest absolute Gasteiger partial charge is 0.475 e. The van der Waals surface area contributed by atoms with Gasteiger partial charge in [-0.2, -0.15) is 13.2 Å². The van der Waals surface area contributed by atoms with Crippen molar-refractivity contribution in [3.8, 4) is 0 Å². The van der Waals surface area contributed by atoms with Crippen LogP contribution >= 0.6 is 0 Å². The van der Waals surface area contributed by atoms with E-state index >= 15 is 0 Å². The molecule has 2 fully saturated rings. The summed E-state index contributed by atoms with van der Waals surface area (Å²) in [6, 6.07) is 3.81. The van der Waals surface area contributed by atoms with Gasteiger partial charge in [0.15, 0.2) is 0 Å². The molecule has 1 spiro atoms. The summed E-state index contributed by atoms with van der Waals surface area (Å²) in [7, 11) is 0. The van der Waals surface area contributed by atoms with Gasteiger partial charge >= 0.3 is 12.1 Å². The molecule has 0 radical (unpaired) electrons. The van der Waals surface area contributed by atoms with E-state index in [1.54, 1.807) is 6.92 Å². The first kappa shape index (κ1) is 24.2. The Morgan fingerprint density at radius 2 is 1.97 bits per heavy atom. The number of ether oxygens (including phenoxy) is 1. The molecule has 2 aliphatic rings. The Kier molecular flexibility index (Phi) is 8.27. The highest BCUT2D eigenvalue weighted by Gasteiger charge is 2.45. The van der Waals surface area contributed by atoms with E-state index in [0.29, 0.717) is 18.9 Å². The number of hydrogen-bond donors (Lipinski definition) is 3. The minimum atomic E-state index is -5.08. The summed E-state index contributed by atoms with van der Waals surface area (Å²) >= 11 is 0. The van der Waals surface area contributed by atoms with E-state index in [9.17, 15) is 18.0 Å². The molecule has 3 rings (SSSR count). The molecule has 1 aromatic rings. The van der Waals surface area contributed by atoms with Crippen LogP contribution in [0, 0.1) is 0 Å². The molecule has 1 aliphatic carbocycles. The standard InChI is InChI=1S/C17H26N2O4.C2HF3O2/c1-13(21)18-16-4-2-3-7-17(16)12-19(8-9-22-17)10-14-5-6-15(11-20)23-14;3-2(4,5)1(6)7/h5-6,16,20H,2-4,7-12H2,1H3,(H,18,21);(H,6,7). The first-order chi connectivity index (χ1) is 14.1. The molecular formula is C19H27F3N2O6. The second-order valence-corrected chi connectivity index (χ2v) is 7.45. The molecule has 11 heteroatoms. The van der Waals surface area contributed by atoms with Gasteiger partial charge in [0.25, 0.3) is 0 Å². The molecule has 1 amide bonds. The van der Waals surface area contributed by atoms with Crippen LogP contribution < -0.4 is 5.32 Å². The zero-order valence-electron chi connectivity index (χ0n) is 16.7. The van der Waals surface area contributed by atoms with E-state index in [-0.39, 0.29) is 24.2 Å². The number of alkyl halides is 3. The number of carboxylic acid groups (broad SMARTS) is 1. The number of hydrogen-bond acceptors (Lipinski definition) is 6. The molecule has 8 nitrogen and oxygen atoms in total. The van der Waals surface area contributed by atoms with E-state index in [4.69, 9.17) is 24.2 Å². The summed E-state index contributed by atoms with van der Waals surface area (Å²) < 4.78 is 43.5. The highest BCUT2D eigenvalue weighted by molar-refractivity contribution is 5.73. The average molecular weight is 436 g/mol.